The van der Waals surface area contributed by atoms with E-state index in [1.54, 1.807) is 0 Å². The second-order valence-electron chi connectivity index (χ2n) is 6.81. The molecule has 2 saturated heterocycles. The quantitative estimate of drug-likeness (QED) is 0.835. The number of amides is 1. The lowest BCUT2D eigenvalue weighted by atomic mass is 10.1. The molecule has 3 rings (SSSR count). The highest BCUT2D eigenvalue weighted by Crippen LogP contribution is 2.15. The van der Waals surface area contributed by atoms with Gasteiger partial charge in [-0.05, 0) is 31.7 Å². The van der Waals surface area contributed by atoms with Crippen LogP contribution in [0.15, 0.2) is 24.3 Å². The van der Waals surface area contributed by atoms with Crippen molar-refractivity contribution in [3.05, 3.63) is 35.4 Å². The molecule has 1 aromatic rings. The summed E-state index contributed by atoms with van der Waals surface area (Å²) in [5.41, 5.74) is 2.52. The van der Waals surface area contributed by atoms with Crippen LogP contribution in [0.3, 0.4) is 0 Å². The Hall–Kier alpha value is -1.39. The number of benzene rings is 1. The lowest BCUT2D eigenvalue weighted by Crippen LogP contribution is -2.50. The van der Waals surface area contributed by atoms with Crippen LogP contribution in [0.25, 0.3) is 0 Å². The molecule has 2 heterocycles. The van der Waals surface area contributed by atoms with E-state index in [0.717, 1.165) is 45.8 Å². The summed E-state index contributed by atoms with van der Waals surface area (Å²) in [6.07, 6.45) is 4.27. The van der Waals surface area contributed by atoms with E-state index >= 15 is 0 Å². The molecule has 4 heteroatoms. The number of rotatable bonds is 5. The summed E-state index contributed by atoms with van der Waals surface area (Å²) in [6.45, 7) is 7.73. The number of carbonyl (C=O) groups is 1. The molecule has 0 aromatic heterocycles. The van der Waals surface area contributed by atoms with E-state index in [9.17, 15) is 4.79 Å². The molecule has 4 nitrogen and oxygen atoms in total. The zero-order chi connectivity index (χ0) is 16.1. The van der Waals surface area contributed by atoms with Crippen molar-refractivity contribution in [2.24, 2.45) is 0 Å². The molecule has 126 valence electrons. The first-order valence-electron chi connectivity index (χ1n) is 8.88. The van der Waals surface area contributed by atoms with Gasteiger partial charge in [-0.1, -0.05) is 29.8 Å². The Bertz CT molecular complexity index is 518. The molecule has 1 aromatic carbocycles. The monoisotopic (exact) mass is 316 g/mol. The molecule has 2 fully saturated rings. The van der Waals surface area contributed by atoms with Crippen molar-refractivity contribution >= 4 is 5.91 Å². The van der Waals surface area contributed by atoms with E-state index in [2.05, 4.69) is 36.1 Å². The van der Waals surface area contributed by atoms with E-state index < -0.39 is 0 Å². The van der Waals surface area contributed by atoms with Crippen molar-refractivity contribution < 1.29 is 9.53 Å². The van der Waals surface area contributed by atoms with Crippen molar-refractivity contribution in [3.8, 4) is 0 Å². The van der Waals surface area contributed by atoms with Gasteiger partial charge in [-0.15, -0.1) is 0 Å². The molecule has 0 aliphatic carbocycles. The molecule has 2 aliphatic rings. The SMILES string of the molecule is Cc1cccc(CCC(=O)N2CCN(CC3CCCO3)CC2)c1. The Balaban J connectivity index is 1.39. The Morgan fingerprint density at radius 1 is 1.26 bits per heavy atom. The molecule has 0 saturated carbocycles. The molecule has 0 radical (unpaired) electrons. The minimum Gasteiger partial charge on any atom is -0.377 e. The van der Waals surface area contributed by atoms with Crippen LogP contribution in [0.5, 0.6) is 0 Å². The summed E-state index contributed by atoms with van der Waals surface area (Å²) >= 11 is 0. The molecular weight excluding hydrogens is 288 g/mol. The van der Waals surface area contributed by atoms with Gasteiger partial charge in [0, 0.05) is 45.8 Å². The minimum atomic E-state index is 0.295. The fraction of sp³-hybridized carbons (Fsp3) is 0.632. The maximum Gasteiger partial charge on any atom is 0.222 e. The van der Waals surface area contributed by atoms with Gasteiger partial charge in [0.15, 0.2) is 0 Å². The topological polar surface area (TPSA) is 32.8 Å². The lowest BCUT2D eigenvalue weighted by molar-refractivity contribution is -0.133. The van der Waals surface area contributed by atoms with Crippen LogP contribution in [0, 0.1) is 6.92 Å². The first-order chi connectivity index (χ1) is 11.2. The van der Waals surface area contributed by atoms with Gasteiger partial charge in [0.1, 0.15) is 0 Å². The molecule has 23 heavy (non-hydrogen) atoms. The van der Waals surface area contributed by atoms with E-state index in [0.29, 0.717) is 18.4 Å². The zero-order valence-corrected chi connectivity index (χ0v) is 14.2. The Kier molecular flexibility index (Phi) is 5.68. The summed E-state index contributed by atoms with van der Waals surface area (Å²) in [4.78, 5) is 16.9. The number of hydrogen-bond donors (Lipinski definition) is 0. The Morgan fingerprint density at radius 2 is 2.09 bits per heavy atom. The molecule has 0 bridgehead atoms. The first-order valence-corrected chi connectivity index (χ1v) is 8.88. The molecule has 0 spiro atoms. The molecule has 1 atom stereocenters. The second-order valence-corrected chi connectivity index (χ2v) is 6.81. The number of piperazine rings is 1. The zero-order valence-electron chi connectivity index (χ0n) is 14.2. The third kappa shape index (κ3) is 4.79. The standard InChI is InChI=1S/C19H28N2O2/c1-16-4-2-5-17(14-16)7-8-19(22)21-11-9-20(10-12-21)15-18-6-3-13-23-18/h2,4-5,14,18H,3,6-13,15H2,1H3. The number of aryl methyl sites for hydroxylation is 2. The predicted octanol–water partition coefficient (Wildman–Crippen LogP) is 2.25. The molecule has 2 aliphatic heterocycles. The maximum absolute atomic E-state index is 12.4. The van der Waals surface area contributed by atoms with E-state index in [4.69, 9.17) is 4.74 Å². The highest BCUT2D eigenvalue weighted by molar-refractivity contribution is 5.76. The van der Waals surface area contributed by atoms with Crippen molar-refractivity contribution in [2.75, 3.05) is 39.3 Å². The van der Waals surface area contributed by atoms with Crippen molar-refractivity contribution in [1.82, 2.24) is 9.80 Å². The number of carbonyl (C=O) groups excluding carboxylic acids is 1. The summed E-state index contributed by atoms with van der Waals surface area (Å²) in [7, 11) is 0. The van der Waals surface area contributed by atoms with Crippen LogP contribution in [0.1, 0.15) is 30.4 Å². The van der Waals surface area contributed by atoms with Crippen LogP contribution < -0.4 is 0 Å². The van der Waals surface area contributed by atoms with E-state index in [1.807, 2.05) is 4.90 Å². The maximum atomic E-state index is 12.4. The van der Waals surface area contributed by atoms with Crippen LogP contribution in [0.4, 0.5) is 0 Å². The minimum absolute atomic E-state index is 0.295. The lowest BCUT2D eigenvalue weighted by Gasteiger charge is -2.35. The van der Waals surface area contributed by atoms with E-state index in [-0.39, 0.29) is 0 Å². The predicted molar refractivity (Wildman–Crippen MR) is 91.5 cm³/mol. The smallest absolute Gasteiger partial charge is 0.222 e. The number of ether oxygens (including phenoxy) is 1. The molecule has 1 amide bonds. The molecule has 1 unspecified atom stereocenters. The first kappa shape index (κ1) is 16.5. The third-order valence-corrected chi connectivity index (χ3v) is 4.92. The highest BCUT2D eigenvalue weighted by Gasteiger charge is 2.24. The summed E-state index contributed by atoms with van der Waals surface area (Å²) < 4.78 is 5.70. The van der Waals surface area contributed by atoms with Crippen molar-refractivity contribution in [2.45, 2.75) is 38.7 Å². The second kappa shape index (κ2) is 7.93. The summed E-state index contributed by atoms with van der Waals surface area (Å²) in [6, 6.07) is 8.45. The van der Waals surface area contributed by atoms with Gasteiger partial charge in [-0.25, -0.2) is 0 Å². The third-order valence-electron chi connectivity index (χ3n) is 4.92. The van der Waals surface area contributed by atoms with Crippen LogP contribution in [-0.2, 0) is 16.0 Å². The molecule has 0 N–H and O–H groups in total. The van der Waals surface area contributed by atoms with Gasteiger partial charge < -0.3 is 9.64 Å². The van der Waals surface area contributed by atoms with Crippen molar-refractivity contribution in [1.29, 1.82) is 0 Å². The number of hydrogen-bond acceptors (Lipinski definition) is 3. The molecular formula is C19H28N2O2. The van der Waals surface area contributed by atoms with Crippen molar-refractivity contribution in [3.63, 3.8) is 0 Å². The Labute approximate surface area is 139 Å². The number of nitrogens with zero attached hydrogens (tertiary/aromatic N) is 2. The average Bonchev–Trinajstić information content (AvgIpc) is 3.06. The van der Waals surface area contributed by atoms with Gasteiger partial charge in [-0.2, -0.15) is 0 Å². The summed E-state index contributed by atoms with van der Waals surface area (Å²) in [5, 5.41) is 0. The van der Waals surface area contributed by atoms with Gasteiger partial charge in [0.05, 0.1) is 6.10 Å². The fourth-order valence-electron chi connectivity index (χ4n) is 3.53. The fourth-order valence-corrected chi connectivity index (χ4v) is 3.53. The van der Waals surface area contributed by atoms with Gasteiger partial charge >= 0.3 is 0 Å². The largest absolute Gasteiger partial charge is 0.377 e. The van der Waals surface area contributed by atoms with E-state index in [1.165, 1.54) is 24.0 Å². The van der Waals surface area contributed by atoms with Crippen LogP contribution in [0.2, 0.25) is 0 Å². The normalized spacial score (nSPS) is 22.5. The average molecular weight is 316 g/mol. The summed E-state index contributed by atoms with van der Waals surface area (Å²) in [5.74, 6) is 0.295. The Morgan fingerprint density at radius 3 is 2.78 bits per heavy atom. The van der Waals surface area contributed by atoms with Gasteiger partial charge in [0.2, 0.25) is 5.91 Å². The highest BCUT2D eigenvalue weighted by atomic mass is 16.5. The van der Waals surface area contributed by atoms with Crippen LogP contribution >= 0.6 is 0 Å². The van der Waals surface area contributed by atoms with Crippen LogP contribution in [-0.4, -0.2) is 61.1 Å². The van der Waals surface area contributed by atoms with Gasteiger partial charge in [0.25, 0.3) is 0 Å². The van der Waals surface area contributed by atoms with Gasteiger partial charge in [-0.3, -0.25) is 9.69 Å².